The van der Waals surface area contributed by atoms with E-state index in [0.29, 0.717) is 12.8 Å². The fourth-order valence-corrected chi connectivity index (χ4v) is 11.6. The van der Waals surface area contributed by atoms with Gasteiger partial charge < -0.3 is 89.9 Å². The van der Waals surface area contributed by atoms with E-state index in [9.17, 15) is 61.0 Å². The lowest BCUT2D eigenvalue weighted by Crippen LogP contribution is -2.66. The summed E-state index contributed by atoms with van der Waals surface area (Å²) in [4.78, 5) is 13.2. The third-order valence-electron chi connectivity index (χ3n) is 16.9. The number of nitrogens with one attached hydrogen (secondary N) is 1. The first-order valence-corrected chi connectivity index (χ1v) is 32.8. The van der Waals surface area contributed by atoms with Crippen molar-refractivity contribution in [1.82, 2.24) is 5.32 Å². The Morgan fingerprint density at radius 2 is 0.704 bits per heavy atom. The van der Waals surface area contributed by atoms with Gasteiger partial charge in [-0.05, 0) is 12.8 Å². The standard InChI is InChI=1S/C62H119NO18/c1-3-5-7-9-10-11-12-13-14-15-16-17-18-19-20-21-22-23-24-25-26-27-28-29-30-31-32-33-34-36-38-40-50(68)63-45(46(67)39-37-35-8-6-4-2)44-76-60-56(74)53(71)58(48(42-65)78-60)81-62-57(75)54(72)59(49(43-66)79-62)80-61-55(73)52(70)51(69)47(41-64)77-61/h45-49,51-62,64-67,69-75H,3-44H2,1-2H3,(H,63,68). The summed E-state index contributed by atoms with van der Waals surface area (Å²) in [5.41, 5.74) is 0. The number of hydrogen-bond acceptors (Lipinski definition) is 18. The first-order valence-electron chi connectivity index (χ1n) is 32.8. The van der Waals surface area contributed by atoms with Crippen molar-refractivity contribution < 1.29 is 89.4 Å². The van der Waals surface area contributed by atoms with Crippen LogP contribution in [0, 0.1) is 0 Å². The summed E-state index contributed by atoms with van der Waals surface area (Å²) in [6.45, 7) is 1.71. The molecule has 12 N–H and O–H groups in total. The molecular formula is C62H119NO18. The molecule has 0 aromatic rings. The van der Waals surface area contributed by atoms with Gasteiger partial charge in [-0.1, -0.05) is 239 Å². The highest BCUT2D eigenvalue weighted by molar-refractivity contribution is 5.76. The monoisotopic (exact) mass is 1170 g/mol. The van der Waals surface area contributed by atoms with E-state index >= 15 is 0 Å². The molecule has 0 aromatic carbocycles. The number of carbonyl (C=O) groups is 1. The summed E-state index contributed by atoms with van der Waals surface area (Å²) < 4.78 is 34.2. The van der Waals surface area contributed by atoms with Gasteiger partial charge in [-0.3, -0.25) is 4.79 Å². The maximum absolute atomic E-state index is 13.2. The second-order valence-corrected chi connectivity index (χ2v) is 23.9. The number of ether oxygens (including phenoxy) is 6. The molecule has 480 valence electrons. The minimum Gasteiger partial charge on any atom is -0.394 e. The Kier molecular flexibility index (Phi) is 42.1. The Morgan fingerprint density at radius 3 is 1.07 bits per heavy atom. The summed E-state index contributed by atoms with van der Waals surface area (Å²) in [6, 6.07) is -0.877. The molecule has 0 radical (unpaired) electrons. The van der Waals surface area contributed by atoms with Crippen LogP contribution in [0.2, 0.25) is 0 Å². The number of rotatable bonds is 50. The Hall–Kier alpha value is -1.21. The van der Waals surface area contributed by atoms with Crippen molar-refractivity contribution in [3.8, 4) is 0 Å². The molecule has 0 bridgehead atoms. The van der Waals surface area contributed by atoms with Crippen molar-refractivity contribution in [2.45, 2.75) is 362 Å². The highest BCUT2D eigenvalue weighted by Gasteiger charge is 2.53. The zero-order chi connectivity index (χ0) is 59.0. The molecule has 17 unspecified atom stereocenters. The molecule has 19 nitrogen and oxygen atoms in total. The van der Waals surface area contributed by atoms with Crippen LogP contribution in [0.5, 0.6) is 0 Å². The minimum atomic E-state index is -1.97. The smallest absolute Gasteiger partial charge is 0.220 e. The molecule has 0 saturated carbocycles. The van der Waals surface area contributed by atoms with E-state index in [-0.39, 0.29) is 18.9 Å². The number of carbonyl (C=O) groups excluding carboxylic acids is 1. The van der Waals surface area contributed by atoms with Crippen LogP contribution in [-0.2, 0) is 33.2 Å². The van der Waals surface area contributed by atoms with Gasteiger partial charge in [0.05, 0.1) is 38.6 Å². The average molecular weight is 1170 g/mol. The number of amides is 1. The van der Waals surface area contributed by atoms with Crippen LogP contribution >= 0.6 is 0 Å². The number of unbranched alkanes of at least 4 members (excludes halogenated alkanes) is 34. The molecule has 0 aliphatic carbocycles. The van der Waals surface area contributed by atoms with Crippen molar-refractivity contribution in [3.05, 3.63) is 0 Å². The fourth-order valence-electron chi connectivity index (χ4n) is 11.6. The number of hydrogen-bond donors (Lipinski definition) is 12. The van der Waals surface area contributed by atoms with Gasteiger partial charge >= 0.3 is 0 Å². The van der Waals surface area contributed by atoms with Gasteiger partial charge in [0.25, 0.3) is 0 Å². The van der Waals surface area contributed by atoms with E-state index in [4.69, 9.17) is 28.4 Å². The molecule has 3 rings (SSSR count). The first-order chi connectivity index (χ1) is 39.3. The van der Waals surface area contributed by atoms with Crippen LogP contribution in [0.15, 0.2) is 0 Å². The third-order valence-corrected chi connectivity index (χ3v) is 16.9. The highest BCUT2D eigenvalue weighted by Crippen LogP contribution is 2.33. The molecule has 3 aliphatic heterocycles. The molecular weight excluding hydrogens is 1050 g/mol. The van der Waals surface area contributed by atoms with Gasteiger partial charge in [0.2, 0.25) is 5.91 Å². The van der Waals surface area contributed by atoms with E-state index in [1.807, 2.05) is 0 Å². The van der Waals surface area contributed by atoms with Crippen LogP contribution < -0.4 is 5.32 Å². The minimum absolute atomic E-state index is 0.244. The quantitative estimate of drug-likeness (QED) is 0.0269. The van der Waals surface area contributed by atoms with Crippen molar-refractivity contribution in [1.29, 1.82) is 0 Å². The average Bonchev–Trinajstić information content (AvgIpc) is 3.48. The zero-order valence-electron chi connectivity index (χ0n) is 50.3. The van der Waals surface area contributed by atoms with Crippen molar-refractivity contribution >= 4 is 5.91 Å². The van der Waals surface area contributed by atoms with Gasteiger partial charge in [-0.25, -0.2) is 0 Å². The predicted octanol–water partition coefficient (Wildman–Crippen LogP) is 7.16. The van der Waals surface area contributed by atoms with Gasteiger partial charge in [-0.2, -0.15) is 0 Å². The number of aliphatic hydroxyl groups excluding tert-OH is 11. The van der Waals surface area contributed by atoms with Gasteiger partial charge in [0, 0.05) is 6.42 Å². The van der Waals surface area contributed by atoms with Crippen LogP contribution in [0.4, 0.5) is 0 Å². The van der Waals surface area contributed by atoms with Gasteiger partial charge in [0.15, 0.2) is 18.9 Å². The van der Waals surface area contributed by atoms with E-state index < -0.39 is 124 Å². The largest absolute Gasteiger partial charge is 0.394 e. The summed E-state index contributed by atoms with van der Waals surface area (Å²) in [5, 5.41) is 120. The normalized spacial score (nSPS) is 29.7. The van der Waals surface area contributed by atoms with E-state index in [1.54, 1.807) is 0 Å². The third kappa shape index (κ3) is 29.4. The second kappa shape index (κ2) is 46.0. The van der Waals surface area contributed by atoms with Crippen LogP contribution in [-0.4, -0.2) is 193 Å². The van der Waals surface area contributed by atoms with Crippen molar-refractivity contribution in [2.24, 2.45) is 0 Å². The lowest BCUT2D eigenvalue weighted by Gasteiger charge is -2.48. The summed E-state index contributed by atoms with van der Waals surface area (Å²) >= 11 is 0. The topological polar surface area (TPSA) is 307 Å². The zero-order valence-corrected chi connectivity index (χ0v) is 50.3. The molecule has 3 heterocycles. The van der Waals surface area contributed by atoms with Gasteiger partial charge in [-0.15, -0.1) is 0 Å². The van der Waals surface area contributed by atoms with Crippen LogP contribution in [0.1, 0.15) is 258 Å². The maximum Gasteiger partial charge on any atom is 0.220 e. The van der Waals surface area contributed by atoms with Crippen LogP contribution in [0.3, 0.4) is 0 Å². The van der Waals surface area contributed by atoms with Crippen LogP contribution in [0.25, 0.3) is 0 Å². The second-order valence-electron chi connectivity index (χ2n) is 23.9. The molecule has 17 atom stereocenters. The predicted molar refractivity (Wildman–Crippen MR) is 310 cm³/mol. The summed E-state index contributed by atoms with van der Waals surface area (Å²) in [6.07, 6.45) is 20.2. The fraction of sp³-hybridized carbons (Fsp3) is 0.984. The molecule has 1 amide bonds. The Labute approximate surface area is 487 Å². The lowest BCUT2D eigenvalue weighted by molar-refractivity contribution is -0.379. The van der Waals surface area contributed by atoms with E-state index in [0.717, 1.165) is 51.4 Å². The van der Waals surface area contributed by atoms with Crippen molar-refractivity contribution in [2.75, 3.05) is 26.4 Å². The lowest BCUT2D eigenvalue weighted by atomic mass is 9.96. The summed E-state index contributed by atoms with van der Waals surface area (Å²) in [5.74, 6) is -0.244. The first kappa shape index (κ1) is 74.0. The molecule has 3 saturated heterocycles. The SMILES string of the molecule is CCCCCCCCCCCCCCCCCCCCCCCCCCCCCCCCCC(=O)NC(COC1OC(CO)C(OC2OC(CO)C(OC3OC(CO)C(O)C(O)C3O)C(O)C2O)C(O)C1O)C(O)CCCCCCC. The Balaban J connectivity index is 1.28. The molecule has 0 spiro atoms. The maximum atomic E-state index is 13.2. The van der Waals surface area contributed by atoms with Crippen molar-refractivity contribution in [3.63, 3.8) is 0 Å². The molecule has 3 fully saturated rings. The summed E-state index contributed by atoms with van der Waals surface area (Å²) in [7, 11) is 0. The number of aliphatic hydroxyl groups is 11. The Bertz CT molecular complexity index is 1490. The van der Waals surface area contributed by atoms with Gasteiger partial charge in [0.1, 0.15) is 73.2 Å². The molecule has 19 heteroatoms. The van der Waals surface area contributed by atoms with E-state index in [1.165, 1.54) is 173 Å². The Morgan fingerprint density at radius 1 is 0.395 bits per heavy atom. The molecule has 81 heavy (non-hydrogen) atoms. The molecule has 0 aromatic heterocycles. The van der Waals surface area contributed by atoms with E-state index in [2.05, 4.69) is 19.2 Å². The molecule has 3 aliphatic rings. The highest BCUT2D eigenvalue weighted by atomic mass is 16.8.